The smallest absolute Gasteiger partial charge is 0.419 e. The maximum absolute atomic E-state index is 13.7. The maximum Gasteiger partial charge on any atom is 0.419 e. The van der Waals surface area contributed by atoms with E-state index in [1.807, 2.05) is 62.3 Å². The molecule has 2 aliphatic rings. The van der Waals surface area contributed by atoms with Gasteiger partial charge in [-0.1, -0.05) is 23.9 Å². The number of rotatable bonds is 8. The standard InChI is InChI=1S/C36H44N6O6S/c1-36(2,3)48-34(45)37-21-32(43)41-18-8-9-29(41)33(44)38-24-12-10-23(11-13-24)22-47-35(46)42-27-16-14-25(39(4)5)19-30(27)49-31-20-26(40(6)7)15-17-28(31)42/h10-17,19-20,29H,8-9,18,21-22H2,1-7H3,(H,37,45)(H,38,44)/t29-/m0/s1. The summed E-state index contributed by atoms with van der Waals surface area (Å²) in [6.45, 7) is 5.42. The summed E-state index contributed by atoms with van der Waals surface area (Å²) in [4.78, 5) is 60.7. The van der Waals surface area contributed by atoms with Crippen LogP contribution < -0.4 is 25.3 Å². The van der Waals surface area contributed by atoms with Gasteiger partial charge in [0.2, 0.25) is 11.8 Å². The molecule has 4 amide bonds. The van der Waals surface area contributed by atoms with Gasteiger partial charge in [-0.3, -0.25) is 9.59 Å². The molecule has 260 valence electrons. The molecule has 0 spiro atoms. The fourth-order valence-corrected chi connectivity index (χ4v) is 6.68. The molecule has 5 rings (SSSR count). The average molecular weight is 689 g/mol. The minimum absolute atomic E-state index is 0.0302. The molecule has 2 N–H and O–H groups in total. The fourth-order valence-electron chi connectivity index (χ4n) is 5.56. The van der Waals surface area contributed by atoms with Crippen molar-refractivity contribution in [2.45, 2.75) is 61.7 Å². The van der Waals surface area contributed by atoms with E-state index in [1.165, 1.54) is 4.90 Å². The molecule has 1 fully saturated rings. The van der Waals surface area contributed by atoms with Gasteiger partial charge in [-0.15, -0.1) is 0 Å². The van der Waals surface area contributed by atoms with Crippen LogP contribution in [0.3, 0.4) is 0 Å². The van der Waals surface area contributed by atoms with Crippen molar-refractivity contribution in [2.24, 2.45) is 0 Å². The zero-order chi connectivity index (χ0) is 35.5. The molecule has 0 unspecified atom stereocenters. The topological polar surface area (TPSA) is 124 Å². The van der Waals surface area contributed by atoms with Gasteiger partial charge in [0, 0.05) is 61.6 Å². The van der Waals surface area contributed by atoms with Gasteiger partial charge in [-0.05, 0) is 87.7 Å². The van der Waals surface area contributed by atoms with Gasteiger partial charge in [-0.2, -0.15) is 0 Å². The number of carbonyl (C=O) groups excluding carboxylic acids is 4. The highest BCUT2D eigenvalue weighted by molar-refractivity contribution is 7.99. The van der Waals surface area contributed by atoms with Crippen LogP contribution in [0.5, 0.6) is 0 Å². The average Bonchev–Trinajstić information content (AvgIpc) is 3.55. The Morgan fingerprint density at radius 3 is 2.02 bits per heavy atom. The molecular formula is C36H44N6O6S. The Kier molecular flexibility index (Phi) is 10.6. The van der Waals surface area contributed by atoms with Crippen molar-refractivity contribution in [1.29, 1.82) is 0 Å². The van der Waals surface area contributed by atoms with E-state index in [4.69, 9.17) is 9.47 Å². The molecule has 1 saturated heterocycles. The molecular weight excluding hydrogens is 644 g/mol. The molecule has 49 heavy (non-hydrogen) atoms. The third-order valence-corrected chi connectivity index (χ3v) is 9.14. The molecule has 0 aromatic heterocycles. The zero-order valence-electron chi connectivity index (χ0n) is 29.0. The number of amides is 4. The minimum atomic E-state index is -0.687. The van der Waals surface area contributed by atoms with Crippen LogP contribution in [0, 0.1) is 0 Å². The second-order valence-electron chi connectivity index (χ2n) is 13.4. The highest BCUT2D eigenvalue weighted by atomic mass is 32.2. The number of nitrogens with zero attached hydrogens (tertiary/aromatic N) is 4. The molecule has 0 bridgehead atoms. The van der Waals surface area contributed by atoms with Crippen molar-refractivity contribution in [3.63, 3.8) is 0 Å². The van der Waals surface area contributed by atoms with E-state index in [0.29, 0.717) is 25.1 Å². The lowest BCUT2D eigenvalue weighted by Gasteiger charge is -2.32. The van der Waals surface area contributed by atoms with E-state index in [1.54, 1.807) is 61.7 Å². The first kappa shape index (κ1) is 35.4. The van der Waals surface area contributed by atoms with Crippen LogP contribution in [0.2, 0.25) is 0 Å². The molecule has 3 aromatic rings. The second-order valence-corrected chi connectivity index (χ2v) is 14.5. The minimum Gasteiger partial charge on any atom is -0.444 e. The fraction of sp³-hybridized carbons (Fsp3) is 0.389. The van der Waals surface area contributed by atoms with Crippen LogP contribution in [-0.4, -0.2) is 81.8 Å². The Hall–Kier alpha value is -4.91. The van der Waals surface area contributed by atoms with E-state index < -0.39 is 23.8 Å². The van der Waals surface area contributed by atoms with Crippen LogP contribution in [-0.2, 0) is 25.7 Å². The van der Waals surface area contributed by atoms with Crippen molar-refractivity contribution in [3.8, 4) is 0 Å². The van der Waals surface area contributed by atoms with Gasteiger partial charge < -0.3 is 34.8 Å². The number of benzene rings is 3. The summed E-state index contributed by atoms with van der Waals surface area (Å²) in [5, 5.41) is 5.35. The number of alkyl carbamates (subject to hydrolysis) is 1. The predicted octanol–water partition coefficient (Wildman–Crippen LogP) is 6.21. The Labute approximate surface area is 291 Å². The zero-order valence-corrected chi connectivity index (χ0v) is 29.8. The van der Waals surface area contributed by atoms with Crippen molar-refractivity contribution in [3.05, 3.63) is 66.2 Å². The lowest BCUT2D eigenvalue weighted by atomic mass is 10.1. The second kappa shape index (κ2) is 14.7. The van der Waals surface area contributed by atoms with Gasteiger partial charge >= 0.3 is 12.2 Å². The number of ether oxygens (including phenoxy) is 2. The number of carbonyl (C=O) groups is 4. The number of anilines is 5. The summed E-state index contributed by atoms with van der Waals surface area (Å²) in [5.41, 5.74) is 4.18. The summed E-state index contributed by atoms with van der Waals surface area (Å²) in [7, 11) is 7.93. The predicted molar refractivity (Wildman–Crippen MR) is 192 cm³/mol. The Balaban J connectivity index is 1.21. The number of nitrogens with one attached hydrogen (secondary N) is 2. The molecule has 1 atom stereocenters. The van der Waals surface area contributed by atoms with Crippen molar-refractivity contribution in [2.75, 3.05) is 61.3 Å². The number of hydrogen-bond donors (Lipinski definition) is 2. The normalized spacial score (nSPS) is 15.1. The van der Waals surface area contributed by atoms with Gasteiger partial charge in [0.25, 0.3) is 0 Å². The highest BCUT2D eigenvalue weighted by Crippen LogP contribution is 2.50. The first-order valence-corrected chi connectivity index (χ1v) is 17.0. The maximum atomic E-state index is 13.7. The van der Waals surface area contributed by atoms with E-state index in [9.17, 15) is 19.2 Å². The van der Waals surface area contributed by atoms with Crippen LogP contribution >= 0.6 is 11.8 Å². The summed E-state index contributed by atoms with van der Waals surface area (Å²) in [5.74, 6) is -0.660. The van der Waals surface area contributed by atoms with E-state index >= 15 is 0 Å². The quantitative estimate of drug-likeness (QED) is 0.284. The molecule has 2 heterocycles. The van der Waals surface area contributed by atoms with Crippen LogP contribution in [0.15, 0.2) is 70.5 Å². The molecule has 0 aliphatic carbocycles. The number of likely N-dealkylation sites (tertiary alicyclic amines) is 1. The number of hydrogen-bond acceptors (Lipinski definition) is 9. The lowest BCUT2D eigenvalue weighted by Crippen LogP contribution is -2.47. The van der Waals surface area contributed by atoms with Gasteiger partial charge in [0.1, 0.15) is 24.8 Å². The van der Waals surface area contributed by atoms with Gasteiger partial charge in [0.05, 0.1) is 11.4 Å². The van der Waals surface area contributed by atoms with Crippen molar-refractivity contribution < 1.29 is 28.7 Å². The van der Waals surface area contributed by atoms with E-state index in [-0.39, 0.29) is 25.0 Å². The molecule has 13 heteroatoms. The van der Waals surface area contributed by atoms with E-state index in [0.717, 1.165) is 38.1 Å². The Morgan fingerprint density at radius 2 is 1.47 bits per heavy atom. The first-order chi connectivity index (χ1) is 23.2. The third kappa shape index (κ3) is 8.58. The summed E-state index contributed by atoms with van der Waals surface area (Å²) >= 11 is 1.62. The lowest BCUT2D eigenvalue weighted by molar-refractivity contribution is -0.135. The molecule has 12 nitrogen and oxygen atoms in total. The Bertz CT molecular complexity index is 1660. The third-order valence-electron chi connectivity index (χ3n) is 8.05. The summed E-state index contributed by atoms with van der Waals surface area (Å²) in [6.07, 6.45) is 0.0153. The number of fused-ring (bicyclic) bond motifs is 2. The monoisotopic (exact) mass is 688 g/mol. The Morgan fingerprint density at radius 1 is 0.878 bits per heavy atom. The van der Waals surface area contributed by atoms with Crippen LogP contribution in [0.1, 0.15) is 39.2 Å². The van der Waals surface area contributed by atoms with Gasteiger partial charge in [0.15, 0.2) is 0 Å². The highest BCUT2D eigenvalue weighted by Gasteiger charge is 2.34. The largest absolute Gasteiger partial charge is 0.444 e. The van der Waals surface area contributed by atoms with Crippen LogP contribution in [0.25, 0.3) is 0 Å². The first-order valence-electron chi connectivity index (χ1n) is 16.1. The van der Waals surface area contributed by atoms with Gasteiger partial charge in [-0.25, -0.2) is 14.5 Å². The summed E-state index contributed by atoms with van der Waals surface area (Å²) < 4.78 is 11.0. The summed E-state index contributed by atoms with van der Waals surface area (Å²) in [6, 6.07) is 18.4. The molecule has 2 aliphatic heterocycles. The molecule has 3 aromatic carbocycles. The SMILES string of the molecule is CN(C)c1ccc2c(c1)Sc1cc(N(C)C)ccc1N2C(=O)OCc1ccc(NC(=O)[C@@H]2CCCN2C(=O)CNC(=O)OC(C)(C)C)cc1. The molecule has 0 saturated carbocycles. The van der Waals surface area contributed by atoms with Crippen molar-refractivity contribution >= 4 is 64.2 Å². The van der Waals surface area contributed by atoms with Crippen LogP contribution in [0.4, 0.5) is 38.0 Å². The van der Waals surface area contributed by atoms with E-state index in [2.05, 4.69) is 22.8 Å². The van der Waals surface area contributed by atoms with Crippen molar-refractivity contribution in [1.82, 2.24) is 10.2 Å². The molecule has 0 radical (unpaired) electrons.